The summed E-state index contributed by atoms with van der Waals surface area (Å²) in [5.41, 5.74) is 5.44. The summed E-state index contributed by atoms with van der Waals surface area (Å²) in [5, 5.41) is 9.58. The first-order chi connectivity index (χ1) is 7.88. The second-order valence-electron chi connectivity index (χ2n) is 3.27. The summed E-state index contributed by atoms with van der Waals surface area (Å²) in [7, 11) is -3.24. The van der Waals surface area contributed by atoms with Gasteiger partial charge in [0.15, 0.2) is 5.69 Å². The van der Waals surface area contributed by atoms with Gasteiger partial charge in [-0.3, -0.25) is 4.79 Å². The average Bonchev–Trinajstić information content (AvgIpc) is 2.24. The summed E-state index contributed by atoms with van der Waals surface area (Å²) in [6, 6.07) is 2.89. The number of rotatable bonds is 5. The van der Waals surface area contributed by atoms with Gasteiger partial charge in [-0.1, -0.05) is 0 Å². The van der Waals surface area contributed by atoms with Crippen molar-refractivity contribution in [2.24, 2.45) is 0 Å². The fourth-order valence-electron chi connectivity index (χ4n) is 0.967. The lowest BCUT2D eigenvalue weighted by Crippen LogP contribution is -2.34. The number of hydrogen-bond acceptors (Lipinski definition) is 6. The number of nitrogens with zero attached hydrogens (tertiary/aromatic N) is 2. The van der Waals surface area contributed by atoms with Crippen LogP contribution in [0.2, 0.25) is 0 Å². The number of nitrogen functional groups attached to an aromatic ring is 1. The monoisotopic (exact) mass is 259 g/mol. The van der Waals surface area contributed by atoms with Gasteiger partial charge in [0.1, 0.15) is 5.82 Å². The van der Waals surface area contributed by atoms with Crippen molar-refractivity contribution in [3.63, 3.8) is 0 Å². The van der Waals surface area contributed by atoms with Gasteiger partial charge in [-0.15, -0.1) is 10.2 Å². The molecule has 0 spiro atoms. The Morgan fingerprint density at radius 1 is 1.35 bits per heavy atom. The van der Waals surface area contributed by atoms with E-state index in [1.54, 1.807) is 0 Å². The molecule has 1 aromatic heterocycles. The van der Waals surface area contributed by atoms with Crippen LogP contribution in [-0.4, -0.2) is 43.9 Å². The van der Waals surface area contributed by atoms with Crippen molar-refractivity contribution in [3.8, 4) is 0 Å². The lowest BCUT2D eigenvalue weighted by Gasteiger charge is -2.04. The van der Waals surface area contributed by atoms with Crippen LogP contribution in [0.5, 0.6) is 0 Å². The SMILES string of the molecule is CS(=O)(=O)NCCNC(=O)c1ccc(N)nn1. The predicted molar refractivity (Wildman–Crippen MR) is 61.6 cm³/mol. The average molecular weight is 259 g/mol. The molecule has 4 N–H and O–H groups in total. The number of hydrogen-bond donors (Lipinski definition) is 3. The summed E-state index contributed by atoms with van der Waals surface area (Å²) in [6.45, 7) is 0.283. The quantitative estimate of drug-likeness (QED) is 0.543. The van der Waals surface area contributed by atoms with Crippen molar-refractivity contribution in [2.75, 3.05) is 25.1 Å². The van der Waals surface area contributed by atoms with Crippen molar-refractivity contribution >= 4 is 21.7 Å². The largest absolute Gasteiger partial charge is 0.382 e. The predicted octanol–water partition coefficient (Wildman–Crippen LogP) is -1.66. The van der Waals surface area contributed by atoms with Crippen LogP contribution in [-0.2, 0) is 10.0 Å². The van der Waals surface area contributed by atoms with Gasteiger partial charge in [-0.25, -0.2) is 13.1 Å². The molecule has 0 fully saturated rings. The molecule has 0 aliphatic rings. The minimum Gasteiger partial charge on any atom is -0.382 e. The molecule has 1 amide bonds. The maximum absolute atomic E-state index is 11.4. The van der Waals surface area contributed by atoms with Crippen LogP contribution in [0, 0.1) is 0 Å². The zero-order valence-corrected chi connectivity index (χ0v) is 9.99. The molecule has 0 unspecified atom stereocenters. The molecule has 0 bridgehead atoms. The standard InChI is InChI=1S/C8H13N5O3S/c1-17(15,16)11-5-4-10-8(14)6-2-3-7(9)13-12-6/h2-3,11H,4-5H2,1H3,(H2,9,13)(H,10,14). The maximum Gasteiger partial charge on any atom is 0.271 e. The van der Waals surface area contributed by atoms with E-state index >= 15 is 0 Å². The van der Waals surface area contributed by atoms with Gasteiger partial charge in [-0.05, 0) is 12.1 Å². The molecule has 0 saturated heterocycles. The van der Waals surface area contributed by atoms with Gasteiger partial charge >= 0.3 is 0 Å². The molecule has 0 radical (unpaired) electrons. The molecule has 8 nitrogen and oxygen atoms in total. The number of amides is 1. The second kappa shape index (κ2) is 5.55. The molecule has 0 saturated carbocycles. The Bertz CT molecular complexity index is 484. The highest BCUT2D eigenvalue weighted by molar-refractivity contribution is 7.88. The molecule has 1 aromatic rings. The van der Waals surface area contributed by atoms with Gasteiger partial charge in [0.05, 0.1) is 6.26 Å². The Balaban J connectivity index is 2.38. The van der Waals surface area contributed by atoms with E-state index in [1.165, 1.54) is 12.1 Å². The van der Waals surface area contributed by atoms with E-state index in [-0.39, 0.29) is 24.6 Å². The zero-order chi connectivity index (χ0) is 12.9. The van der Waals surface area contributed by atoms with E-state index in [0.29, 0.717) is 0 Å². The van der Waals surface area contributed by atoms with Crippen LogP contribution < -0.4 is 15.8 Å². The first-order valence-electron chi connectivity index (χ1n) is 4.70. The summed E-state index contributed by atoms with van der Waals surface area (Å²) in [6.07, 6.45) is 1.04. The number of sulfonamides is 1. The van der Waals surface area contributed by atoms with Crippen LogP contribution in [0.4, 0.5) is 5.82 Å². The first kappa shape index (κ1) is 13.3. The Morgan fingerprint density at radius 3 is 2.59 bits per heavy atom. The molecule has 0 aliphatic heterocycles. The summed E-state index contributed by atoms with van der Waals surface area (Å²) in [5.74, 6) is -0.215. The summed E-state index contributed by atoms with van der Waals surface area (Å²) >= 11 is 0. The summed E-state index contributed by atoms with van der Waals surface area (Å²) in [4.78, 5) is 11.4. The number of nitrogens with two attached hydrogens (primary N) is 1. The minimum absolute atomic E-state index is 0.118. The van der Waals surface area contributed by atoms with E-state index in [0.717, 1.165) is 6.26 Å². The molecule has 1 heterocycles. The number of anilines is 1. The van der Waals surface area contributed by atoms with E-state index in [4.69, 9.17) is 5.73 Å². The molecule has 17 heavy (non-hydrogen) atoms. The lowest BCUT2D eigenvalue weighted by atomic mass is 10.3. The Kier molecular flexibility index (Phi) is 4.35. The van der Waals surface area contributed by atoms with Gasteiger partial charge < -0.3 is 11.1 Å². The summed E-state index contributed by atoms with van der Waals surface area (Å²) < 4.78 is 23.7. The molecular weight excluding hydrogens is 246 g/mol. The minimum atomic E-state index is -3.24. The molecule has 1 rings (SSSR count). The normalized spacial score (nSPS) is 11.1. The van der Waals surface area contributed by atoms with Crippen molar-refractivity contribution in [1.82, 2.24) is 20.2 Å². The van der Waals surface area contributed by atoms with E-state index in [1.807, 2.05) is 0 Å². The number of carbonyl (C=O) groups excluding carboxylic acids is 1. The van der Waals surface area contributed by atoms with Gasteiger partial charge in [0.2, 0.25) is 10.0 Å². The Morgan fingerprint density at radius 2 is 2.06 bits per heavy atom. The van der Waals surface area contributed by atoms with Crippen molar-refractivity contribution in [3.05, 3.63) is 17.8 Å². The van der Waals surface area contributed by atoms with Crippen molar-refractivity contribution < 1.29 is 13.2 Å². The van der Waals surface area contributed by atoms with E-state index in [2.05, 4.69) is 20.2 Å². The molecule has 0 aliphatic carbocycles. The second-order valence-corrected chi connectivity index (χ2v) is 5.10. The Hall–Kier alpha value is -1.74. The third-order valence-corrected chi connectivity index (χ3v) is 2.42. The van der Waals surface area contributed by atoms with Crippen LogP contribution in [0.1, 0.15) is 10.5 Å². The number of carbonyl (C=O) groups is 1. The van der Waals surface area contributed by atoms with Crippen molar-refractivity contribution in [2.45, 2.75) is 0 Å². The van der Waals surface area contributed by atoms with Gasteiger partial charge in [0.25, 0.3) is 5.91 Å². The highest BCUT2D eigenvalue weighted by Crippen LogP contribution is 1.96. The molecular formula is C8H13N5O3S. The van der Waals surface area contributed by atoms with E-state index in [9.17, 15) is 13.2 Å². The fraction of sp³-hybridized carbons (Fsp3) is 0.375. The van der Waals surface area contributed by atoms with Crippen LogP contribution in [0.3, 0.4) is 0 Å². The molecule has 94 valence electrons. The van der Waals surface area contributed by atoms with Crippen LogP contribution >= 0.6 is 0 Å². The zero-order valence-electron chi connectivity index (χ0n) is 9.17. The van der Waals surface area contributed by atoms with Crippen LogP contribution in [0.25, 0.3) is 0 Å². The highest BCUT2D eigenvalue weighted by atomic mass is 32.2. The lowest BCUT2D eigenvalue weighted by molar-refractivity contribution is 0.0948. The third-order valence-electron chi connectivity index (χ3n) is 1.69. The fourth-order valence-corrected chi connectivity index (χ4v) is 1.44. The highest BCUT2D eigenvalue weighted by Gasteiger charge is 2.07. The number of nitrogens with one attached hydrogen (secondary N) is 2. The molecule has 0 atom stereocenters. The maximum atomic E-state index is 11.4. The van der Waals surface area contributed by atoms with Crippen LogP contribution in [0.15, 0.2) is 12.1 Å². The smallest absolute Gasteiger partial charge is 0.271 e. The third kappa shape index (κ3) is 5.22. The van der Waals surface area contributed by atoms with Gasteiger partial charge in [0, 0.05) is 13.1 Å². The molecule has 0 aromatic carbocycles. The van der Waals surface area contributed by atoms with E-state index < -0.39 is 15.9 Å². The Labute approximate surface area is 98.7 Å². The van der Waals surface area contributed by atoms with Crippen molar-refractivity contribution in [1.29, 1.82) is 0 Å². The molecule has 9 heteroatoms. The van der Waals surface area contributed by atoms with Gasteiger partial charge in [-0.2, -0.15) is 0 Å². The number of aromatic nitrogens is 2. The topological polar surface area (TPSA) is 127 Å². The first-order valence-corrected chi connectivity index (χ1v) is 6.59.